The topological polar surface area (TPSA) is 51.0 Å². The second-order valence-electron chi connectivity index (χ2n) is 6.88. The zero-order valence-electron chi connectivity index (χ0n) is 15.9. The summed E-state index contributed by atoms with van der Waals surface area (Å²) in [6.45, 7) is 6.79. The number of aryl methyl sites for hydroxylation is 1. The summed E-state index contributed by atoms with van der Waals surface area (Å²) < 4.78 is 2.02. The lowest BCUT2D eigenvalue weighted by atomic mass is 9.94. The fraction of sp³-hybridized carbons (Fsp3) is 0.550. The van der Waals surface area contributed by atoms with E-state index in [4.69, 9.17) is 0 Å². The van der Waals surface area contributed by atoms with Crippen LogP contribution in [0.2, 0.25) is 0 Å². The van der Waals surface area contributed by atoms with E-state index in [0.29, 0.717) is 6.04 Å². The zero-order valence-corrected chi connectivity index (χ0v) is 16.7. The number of para-hydroxylation sites is 1. The molecule has 1 heterocycles. The molecular weight excluding hydrogens is 344 g/mol. The summed E-state index contributed by atoms with van der Waals surface area (Å²) in [7, 11) is 0. The Morgan fingerprint density at radius 1 is 1.23 bits per heavy atom. The highest BCUT2D eigenvalue weighted by Crippen LogP contribution is 2.29. The molecular formula is C20H28N4OS. The van der Waals surface area contributed by atoms with Crippen molar-refractivity contribution in [2.45, 2.75) is 69.3 Å². The van der Waals surface area contributed by atoms with Crippen molar-refractivity contribution in [1.82, 2.24) is 19.7 Å². The van der Waals surface area contributed by atoms with Crippen LogP contribution in [-0.2, 0) is 4.79 Å². The van der Waals surface area contributed by atoms with Crippen LogP contribution in [0.1, 0.15) is 51.8 Å². The Kier molecular flexibility index (Phi) is 6.35. The van der Waals surface area contributed by atoms with Crippen molar-refractivity contribution >= 4 is 17.7 Å². The first-order valence-electron chi connectivity index (χ1n) is 9.56. The number of nitrogens with zero attached hydrogens (tertiary/aromatic N) is 4. The van der Waals surface area contributed by atoms with Crippen molar-refractivity contribution in [1.29, 1.82) is 0 Å². The molecule has 140 valence electrons. The van der Waals surface area contributed by atoms with Crippen molar-refractivity contribution in [2.24, 2.45) is 0 Å². The number of aromatic nitrogens is 3. The van der Waals surface area contributed by atoms with Crippen LogP contribution in [0.15, 0.2) is 35.5 Å². The van der Waals surface area contributed by atoms with Crippen molar-refractivity contribution in [3.8, 4) is 5.69 Å². The van der Waals surface area contributed by atoms with Gasteiger partial charge in [0.15, 0.2) is 5.16 Å². The monoisotopic (exact) mass is 372 g/mol. The first-order chi connectivity index (χ1) is 12.6. The second-order valence-corrected chi connectivity index (χ2v) is 8.18. The van der Waals surface area contributed by atoms with Gasteiger partial charge in [-0.3, -0.25) is 9.36 Å². The minimum absolute atomic E-state index is 0.178. The van der Waals surface area contributed by atoms with E-state index >= 15 is 0 Å². The first kappa shape index (κ1) is 19.0. The van der Waals surface area contributed by atoms with E-state index in [0.717, 1.165) is 36.1 Å². The molecule has 1 aliphatic carbocycles. The molecule has 0 bridgehead atoms. The van der Waals surface area contributed by atoms with E-state index in [1.54, 1.807) is 0 Å². The molecule has 0 saturated heterocycles. The van der Waals surface area contributed by atoms with E-state index in [9.17, 15) is 4.79 Å². The van der Waals surface area contributed by atoms with Gasteiger partial charge in [0.2, 0.25) is 5.91 Å². The number of carbonyl (C=O) groups excluding carboxylic acids is 1. The minimum atomic E-state index is -0.178. The number of hydrogen-bond donors (Lipinski definition) is 0. The largest absolute Gasteiger partial charge is 0.339 e. The number of amides is 1. The molecule has 1 atom stereocenters. The van der Waals surface area contributed by atoms with Crippen LogP contribution in [0.25, 0.3) is 5.69 Å². The summed E-state index contributed by atoms with van der Waals surface area (Å²) >= 11 is 1.50. The normalized spacial score (nSPS) is 16.4. The van der Waals surface area contributed by atoms with Crippen LogP contribution >= 0.6 is 11.8 Å². The van der Waals surface area contributed by atoms with Crippen molar-refractivity contribution in [3.05, 3.63) is 36.2 Å². The van der Waals surface area contributed by atoms with Gasteiger partial charge < -0.3 is 4.90 Å². The first-order valence-corrected chi connectivity index (χ1v) is 10.4. The van der Waals surface area contributed by atoms with Crippen LogP contribution in [0.4, 0.5) is 0 Å². The maximum atomic E-state index is 13.1. The number of carbonyl (C=O) groups is 1. The zero-order chi connectivity index (χ0) is 18.5. The Morgan fingerprint density at radius 3 is 2.58 bits per heavy atom. The van der Waals surface area contributed by atoms with E-state index in [1.165, 1.54) is 31.0 Å². The predicted molar refractivity (Wildman–Crippen MR) is 106 cm³/mol. The maximum absolute atomic E-state index is 13.1. The van der Waals surface area contributed by atoms with Gasteiger partial charge >= 0.3 is 0 Å². The van der Waals surface area contributed by atoms with Gasteiger partial charge in [-0.25, -0.2) is 0 Å². The number of thioether (sulfide) groups is 1. The van der Waals surface area contributed by atoms with Crippen LogP contribution in [-0.4, -0.2) is 43.4 Å². The highest BCUT2D eigenvalue weighted by molar-refractivity contribution is 8.00. The predicted octanol–water partition coefficient (Wildman–Crippen LogP) is 4.24. The van der Waals surface area contributed by atoms with Gasteiger partial charge in [-0.05, 0) is 45.7 Å². The van der Waals surface area contributed by atoms with Gasteiger partial charge in [0.05, 0.1) is 5.25 Å². The average molecular weight is 373 g/mol. The molecule has 0 aliphatic heterocycles. The van der Waals surface area contributed by atoms with Gasteiger partial charge in [-0.1, -0.05) is 49.2 Å². The average Bonchev–Trinajstić information content (AvgIpc) is 3.04. The maximum Gasteiger partial charge on any atom is 0.236 e. The van der Waals surface area contributed by atoms with Crippen molar-refractivity contribution in [2.75, 3.05) is 6.54 Å². The molecule has 1 aromatic heterocycles. The molecule has 0 radical (unpaired) electrons. The summed E-state index contributed by atoms with van der Waals surface area (Å²) in [6, 6.07) is 10.5. The Morgan fingerprint density at radius 2 is 1.92 bits per heavy atom. The Hall–Kier alpha value is -1.82. The quantitative estimate of drug-likeness (QED) is 0.712. The smallest absolute Gasteiger partial charge is 0.236 e. The lowest BCUT2D eigenvalue weighted by Gasteiger charge is -2.35. The molecule has 1 aliphatic rings. The van der Waals surface area contributed by atoms with Crippen LogP contribution in [0, 0.1) is 6.92 Å². The van der Waals surface area contributed by atoms with Crippen LogP contribution in [0.5, 0.6) is 0 Å². The second kappa shape index (κ2) is 8.71. The lowest BCUT2D eigenvalue weighted by molar-refractivity contribution is -0.133. The third-order valence-corrected chi connectivity index (χ3v) is 6.11. The van der Waals surface area contributed by atoms with E-state index in [1.807, 2.05) is 48.7 Å². The fourth-order valence-corrected chi connectivity index (χ4v) is 4.71. The standard InChI is InChI=1S/C20H28N4OS/c1-4-23(17-11-7-5-8-12-17)19(25)15(2)26-20-22-21-16(3)24(20)18-13-9-6-10-14-18/h6,9-10,13-15,17H,4-5,7-8,11-12H2,1-3H3. The summed E-state index contributed by atoms with van der Waals surface area (Å²) in [5.74, 6) is 1.04. The van der Waals surface area contributed by atoms with Gasteiger partial charge in [-0.2, -0.15) is 0 Å². The molecule has 1 aromatic carbocycles. The third-order valence-electron chi connectivity index (χ3n) is 5.08. The molecule has 0 spiro atoms. The summed E-state index contributed by atoms with van der Waals surface area (Å²) in [6.07, 6.45) is 6.04. The highest BCUT2D eigenvalue weighted by Gasteiger charge is 2.29. The molecule has 26 heavy (non-hydrogen) atoms. The summed E-state index contributed by atoms with van der Waals surface area (Å²) in [5, 5.41) is 9.14. The summed E-state index contributed by atoms with van der Waals surface area (Å²) in [5.41, 5.74) is 1.02. The number of benzene rings is 1. The molecule has 1 unspecified atom stereocenters. The highest BCUT2D eigenvalue weighted by atomic mass is 32.2. The molecule has 3 rings (SSSR count). The van der Waals surface area contributed by atoms with Crippen molar-refractivity contribution < 1.29 is 4.79 Å². The van der Waals surface area contributed by atoms with E-state index in [-0.39, 0.29) is 11.2 Å². The lowest BCUT2D eigenvalue weighted by Crippen LogP contribution is -2.44. The van der Waals surface area contributed by atoms with Gasteiger partial charge in [0.1, 0.15) is 5.82 Å². The van der Waals surface area contributed by atoms with Gasteiger partial charge in [0.25, 0.3) is 0 Å². The molecule has 1 fully saturated rings. The molecule has 6 heteroatoms. The SMILES string of the molecule is CCN(C(=O)C(C)Sc1nnc(C)n1-c1ccccc1)C1CCCCC1. The third kappa shape index (κ3) is 4.11. The van der Waals surface area contributed by atoms with Gasteiger partial charge in [0, 0.05) is 18.3 Å². The molecule has 1 saturated carbocycles. The van der Waals surface area contributed by atoms with Crippen molar-refractivity contribution in [3.63, 3.8) is 0 Å². The summed E-state index contributed by atoms with van der Waals surface area (Å²) in [4.78, 5) is 15.2. The molecule has 5 nitrogen and oxygen atoms in total. The van der Waals surface area contributed by atoms with Gasteiger partial charge in [-0.15, -0.1) is 10.2 Å². The van der Waals surface area contributed by atoms with Crippen LogP contribution in [0.3, 0.4) is 0 Å². The Bertz CT molecular complexity index is 725. The fourth-order valence-electron chi connectivity index (χ4n) is 3.72. The molecule has 0 N–H and O–H groups in total. The van der Waals surface area contributed by atoms with Crippen LogP contribution < -0.4 is 0 Å². The molecule has 1 amide bonds. The Balaban J connectivity index is 1.75. The molecule has 2 aromatic rings. The van der Waals surface area contributed by atoms with E-state index < -0.39 is 0 Å². The minimum Gasteiger partial charge on any atom is -0.339 e. The number of rotatable bonds is 6. The van der Waals surface area contributed by atoms with E-state index in [2.05, 4.69) is 22.0 Å². The Labute approximate surface area is 160 Å². The number of hydrogen-bond acceptors (Lipinski definition) is 4.